The molecule has 0 radical (unpaired) electrons. The van der Waals surface area contributed by atoms with Crippen LogP contribution in [0.1, 0.15) is 18.9 Å². The lowest BCUT2D eigenvalue weighted by atomic mass is 10.1. The van der Waals surface area contributed by atoms with Crippen LogP contribution in [-0.4, -0.2) is 32.4 Å². The van der Waals surface area contributed by atoms with Crippen molar-refractivity contribution in [3.05, 3.63) is 17.7 Å². The molecule has 1 aliphatic rings. The summed E-state index contributed by atoms with van der Waals surface area (Å²) in [5.74, 6) is 2.06. The number of amides is 1. The van der Waals surface area contributed by atoms with Crippen molar-refractivity contribution in [3.63, 3.8) is 0 Å². The van der Waals surface area contributed by atoms with E-state index in [4.69, 9.17) is 19.9 Å². The van der Waals surface area contributed by atoms with Crippen molar-refractivity contribution in [3.8, 4) is 17.2 Å². The fourth-order valence-electron chi connectivity index (χ4n) is 1.99. The highest BCUT2D eigenvalue weighted by atomic mass is 16.7. The Morgan fingerprint density at radius 2 is 2.15 bits per heavy atom. The maximum atomic E-state index is 11.4. The molecule has 0 atom stereocenters. The fourth-order valence-corrected chi connectivity index (χ4v) is 1.99. The molecule has 2 rings (SSSR count). The fraction of sp³-hybridized carbons (Fsp3) is 0.500. The second-order valence-corrected chi connectivity index (χ2v) is 4.40. The van der Waals surface area contributed by atoms with Gasteiger partial charge < -0.3 is 25.3 Å². The number of hydrogen-bond acceptors (Lipinski definition) is 5. The van der Waals surface area contributed by atoms with E-state index in [-0.39, 0.29) is 12.7 Å². The Balaban J connectivity index is 2.00. The van der Waals surface area contributed by atoms with Crippen molar-refractivity contribution in [2.24, 2.45) is 5.73 Å². The van der Waals surface area contributed by atoms with Crippen LogP contribution in [0.5, 0.6) is 17.2 Å². The van der Waals surface area contributed by atoms with Crippen LogP contribution in [-0.2, 0) is 11.2 Å². The molecule has 0 saturated carbocycles. The average molecular weight is 280 g/mol. The van der Waals surface area contributed by atoms with Crippen LogP contribution in [0.25, 0.3) is 0 Å². The SMILES string of the molecule is CCNC(=O)CCOc1cc2c(cc1CCN)OCO2. The molecular formula is C14H20N2O4. The lowest BCUT2D eigenvalue weighted by molar-refractivity contribution is -0.121. The third-order valence-electron chi connectivity index (χ3n) is 2.93. The minimum atomic E-state index is -0.0198. The van der Waals surface area contributed by atoms with Gasteiger partial charge in [-0.15, -0.1) is 0 Å². The molecule has 1 aliphatic heterocycles. The minimum Gasteiger partial charge on any atom is -0.493 e. The molecule has 1 heterocycles. The maximum Gasteiger partial charge on any atom is 0.231 e. The summed E-state index contributed by atoms with van der Waals surface area (Å²) in [5.41, 5.74) is 6.56. The van der Waals surface area contributed by atoms with Crippen LogP contribution in [0.2, 0.25) is 0 Å². The average Bonchev–Trinajstić information content (AvgIpc) is 2.86. The summed E-state index contributed by atoms with van der Waals surface area (Å²) in [4.78, 5) is 11.4. The molecule has 20 heavy (non-hydrogen) atoms. The Labute approximate surface area is 118 Å². The van der Waals surface area contributed by atoms with Gasteiger partial charge in [0.05, 0.1) is 13.0 Å². The standard InChI is InChI=1S/C14H20N2O4/c1-2-16-14(17)4-6-18-11-8-13-12(19-9-20-13)7-10(11)3-5-15/h7-8H,2-6,9,15H2,1H3,(H,16,17). The molecule has 110 valence electrons. The molecule has 0 spiro atoms. The van der Waals surface area contributed by atoms with Crippen LogP contribution >= 0.6 is 0 Å². The lowest BCUT2D eigenvalue weighted by Crippen LogP contribution is -2.24. The highest BCUT2D eigenvalue weighted by molar-refractivity contribution is 5.75. The number of benzene rings is 1. The zero-order chi connectivity index (χ0) is 14.4. The van der Waals surface area contributed by atoms with Gasteiger partial charge in [-0.2, -0.15) is 0 Å². The highest BCUT2D eigenvalue weighted by Crippen LogP contribution is 2.38. The highest BCUT2D eigenvalue weighted by Gasteiger charge is 2.17. The number of fused-ring (bicyclic) bond motifs is 1. The zero-order valence-corrected chi connectivity index (χ0v) is 11.6. The Morgan fingerprint density at radius 3 is 2.85 bits per heavy atom. The van der Waals surface area contributed by atoms with Gasteiger partial charge in [-0.05, 0) is 31.5 Å². The number of nitrogens with two attached hydrogens (primary N) is 1. The molecular weight excluding hydrogens is 260 g/mol. The molecule has 0 bridgehead atoms. The molecule has 3 N–H and O–H groups in total. The van der Waals surface area contributed by atoms with E-state index < -0.39 is 0 Å². The quantitative estimate of drug-likeness (QED) is 0.772. The number of carbonyl (C=O) groups excluding carboxylic acids is 1. The number of hydrogen-bond donors (Lipinski definition) is 2. The molecule has 6 nitrogen and oxygen atoms in total. The van der Waals surface area contributed by atoms with Gasteiger partial charge in [0, 0.05) is 12.6 Å². The third-order valence-corrected chi connectivity index (χ3v) is 2.93. The first-order valence-electron chi connectivity index (χ1n) is 6.76. The second-order valence-electron chi connectivity index (χ2n) is 4.40. The van der Waals surface area contributed by atoms with E-state index in [9.17, 15) is 4.79 Å². The second kappa shape index (κ2) is 7.00. The molecule has 0 aliphatic carbocycles. The minimum absolute atomic E-state index is 0.0198. The summed E-state index contributed by atoms with van der Waals surface area (Å²) < 4.78 is 16.3. The van der Waals surface area contributed by atoms with Crippen molar-refractivity contribution < 1.29 is 19.0 Å². The predicted octanol–water partition coefficient (Wildman–Crippen LogP) is 0.822. The normalized spacial score (nSPS) is 12.3. The Kier molecular flexibility index (Phi) is 5.06. The maximum absolute atomic E-state index is 11.4. The van der Waals surface area contributed by atoms with E-state index >= 15 is 0 Å². The van der Waals surface area contributed by atoms with Crippen molar-refractivity contribution >= 4 is 5.91 Å². The van der Waals surface area contributed by atoms with E-state index in [2.05, 4.69) is 5.32 Å². The van der Waals surface area contributed by atoms with Gasteiger partial charge in [-0.25, -0.2) is 0 Å². The number of carbonyl (C=O) groups is 1. The Morgan fingerprint density at radius 1 is 1.40 bits per heavy atom. The van der Waals surface area contributed by atoms with Crippen molar-refractivity contribution in [2.45, 2.75) is 19.8 Å². The first kappa shape index (κ1) is 14.5. The van der Waals surface area contributed by atoms with Crippen LogP contribution in [0.4, 0.5) is 0 Å². The first-order valence-corrected chi connectivity index (χ1v) is 6.76. The lowest BCUT2D eigenvalue weighted by Gasteiger charge is -2.12. The van der Waals surface area contributed by atoms with E-state index in [1.165, 1.54) is 0 Å². The molecule has 1 amide bonds. The molecule has 0 saturated heterocycles. The zero-order valence-electron chi connectivity index (χ0n) is 11.6. The summed E-state index contributed by atoms with van der Waals surface area (Å²) in [6.45, 7) is 3.58. The summed E-state index contributed by atoms with van der Waals surface area (Å²) in [7, 11) is 0. The van der Waals surface area contributed by atoms with E-state index in [0.717, 1.165) is 5.56 Å². The van der Waals surface area contributed by atoms with E-state index in [0.29, 0.717) is 49.8 Å². The monoisotopic (exact) mass is 280 g/mol. The van der Waals surface area contributed by atoms with Gasteiger partial charge in [0.15, 0.2) is 11.5 Å². The molecule has 0 aromatic heterocycles. The summed E-state index contributed by atoms with van der Waals surface area (Å²) in [5, 5.41) is 2.73. The van der Waals surface area contributed by atoms with Gasteiger partial charge in [-0.1, -0.05) is 0 Å². The Bertz CT molecular complexity index is 476. The van der Waals surface area contributed by atoms with Gasteiger partial charge in [0.25, 0.3) is 0 Å². The van der Waals surface area contributed by atoms with Gasteiger partial charge in [-0.3, -0.25) is 4.79 Å². The first-order chi connectivity index (χ1) is 9.74. The van der Waals surface area contributed by atoms with E-state index in [1.807, 2.05) is 13.0 Å². The molecule has 6 heteroatoms. The number of nitrogens with one attached hydrogen (secondary N) is 1. The molecule has 1 aromatic carbocycles. The summed E-state index contributed by atoms with van der Waals surface area (Å²) in [6, 6.07) is 3.68. The van der Waals surface area contributed by atoms with Crippen LogP contribution < -0.4 is 25.3 Å². The summed E-state index contributed by atoms with van der Waals surface area (Å²) in [6.07, 6.45) is 1.01. The smallest absolute Gasteiger partial charge is 0.231 e. The number of rotatable bonds is 7. The molecule has 0 fully saturated rings. The third kappa shape index (κ3) is 3.54. The van der Waals surface area contributed by atoms with Crippen LogP contribution in [0.15, 0.2) is 12.1 Å². The largest absolute Gasteiger partial charge is 0.493 e. The molecule has 1 aromatic rings. The summed E-state index contributed by atoms with van der Waals surface area (Å²) >= 11 is 0. The van der Waals surface area contributed by atoms with Crippen molar-refractivity contribution in [1.82, 2.24) is 5.32 Å². The molecule has 0 unspecified atom stereocenters. The van der Waals surface area contributed by atoms with Gasteiger partial charge >= 0.3 is 0 Å². The van der Waals surface area contributed by atoms with Crippen molar-refractivity contribution in [1.29, 1.82) is 0 Å². The van der Waals surface area contributed by atoms with Gasteiger partial charge in [0.2, 0.25) is 12.7 Å². The Hall–Kier alpha value is -1.95. The van der Waals surface area contributed by atoms with Gasteiger partial charge in [0.1, 0.15) is 5.75 Å². The predicted molar refractivity (Wildman–Crippen MR) is 74.1 cm³/mol. The topological polar surface area (TPSA) is 82.8 Å². The van der Waals surface area contributed by atoms with Crippen molar-refractivity contribution in [2.75, 3.05) is 26.5 Å². The van der Waals surface area contributed by atoms with E-state index in [1.54, 1.807) is 6.07 Å². The van der Waals surface area contributed by atoms with Crippen LogP contribution in [0, 0.1) is 0 Å². The number of ether oxygens (including phenoxy) is 3. The van der Waals surface area contributed by atoms with Crippen LogP contribution in [0.3, 0.4) is 0 Å².